The Morgan fingerprint density at radius 2 is 1.78 bits per heavy atom. The summed E-state index contributed by atoms with van der Waals surface area (Å²) in [5.74, 6) is -0.323. The molecule has 2 amide bonds. The fourth-order valence-corrected chi connectivity index (χ4v) is 4.05. The molecule has 162 valence electrons. The normalized spacial score (nSPS) is 16.5. The van der Waals surface area contributed by atoms with Gasteiger partial charge in [0, 0.05) is 56.5 Å². The van der Waals surface area contributed by atoms with Crippen molar-refractivity contribution < 1.29 is 9.59 Å². The minimum atomic E-state index is -0.313. The molecule has 0 saturated carbocycles. The molecule has 6 nitrogen and oxygen atoms in total. The van der Waals surface area contributed by atoms with Gasteiger partial charge in [-0.15, -0.1) is 6.58 Å². The molecule has 0 N–H and O–H groups in total. The molecule has 1 aliphatic rings. The van der Waals surface area contributed by atoms with Crippen LogP contribution in [-0.4, -0.2) is 57.8 Å². The van der Waals surface area contributed by atoms with Crippen LogP contribution in [0.3, 0.4) is 0 Å². The topological polar surface area (TPSA) is 66.4 Å². The molecule has 2 aromatic heterocycles. The minimum Gasteiger partial charge on any atom is -0.337 e. The van der Waals surface area contributed by atoms with Crippen molar-refractivity contribution in [2.75, 3.05) is 26.2 Å². The Morgan fingerprint density at radius 3 is 2.47 bits per heavy atom. The summed E-state index contributed by atoms with van der Waals surface area (Å²) in [6.45, 7) is 5.64. The lowest BCUT2D eigenvalue weighted by Crippen LogP contribution is -2.38. The van der Waals surface area contributed by atoms with Crippen LogP contribution >= 0.6 is 0 Å². The number of rotatable bonds is 6. The van der Waals surface area contributed by atoms with Crippen molar-refractivity contribution in [1.29, 1.82) is 0 Å². The lowest BCUT2D eigenvalue weighted by molar-refractivity contribution is -0.134. The third-order valence-corrected chi connectivity index (χ3v) is 5.74. The standard InChI is InChI=1S/C26H26N4O2/c1-2-14-29-15-16-30(25(31)22-9-12-27-13-10-22)19-24(26(29)32)17-20-5-7-21(8-6-20)23-4-3-11-28-18-23/h2-13,18,24H,1,14-17,19H2/t24-/m0/s1. The van der Waals surface area contributed by atoms with E-state index >= 15 is 0 Å². The lowest BCUT2D eigenvalue weighted by Gasteiger charge is -2.23. The largest absolute Gasteiger partial charge is 0.337 e. The van der Waals surface area contributed by atoms with Gasteiger partial charge in [-0.05, 0) is 41.3 Å². The Morgan fingerprint density at radius 1 is 1.00 bits per heavy atom. The zero-order valence-electron chi connectivity index (χ0n) is 17.9. The van der Waals surface area contributed by atoms with Crippen LogP contribution in [0.15, 0.2) is 86.0 Å². The first-order valence-corrected chi connectivity index (χ1v) is 10.7. The minimum absolute atomic E-state index is 0.0614. The van der Waals surface area contributed by atoms with Crippen molar-refractivity contribution in [2.24, 2.45) is 5.92 Å². The first-order valence-electron chi connectivity index (χ1n) is 10.7. The average Bonchev–Trinajstić information content (AvgIpc) is 3.00. The average molecular weight is 427 g/mol. The molecular weight excluding hydrogens is 400 g/mol. The van der Waals surface area contributed by atoms with E-state index in [1.165, 1.54) is 0 Å². The van der Waals surface area contributed by atoms with Crippen LogP contribution in [-0.2, 0) is 11.2 Å². The van der Waals surface area contributed by atoms with Gasteiger partial charge in [0.2, 0.25) is 5.91 Å². The van der Waals surface area contributed by atoms with Gasteiger partial charge >= 0.3 is 0 Å². The number of benzene rings is 1. The van der Waals surface area contributed by atoms with E-state index in [1.807, 2.05) is 30.5 Å². The summed E-state index contributed by atoms with van der Waals surface area (Å²) < 4.78 is 0. The van der Waals surface area contributed by atoms with E-state index in [-0.39, 0.29) is 17.7 Å². The number of amides is 2. The second-order valence-corrected chi connectivity index (χ2v) is 7.90. The molecule has 4 rings (SSSR count). The van der Waals surface area contributed by atoms with Gasteiger partial charge in [-0.1, -0.05) is 36.4 Å². The molecule has 3 aromatic rings. The molecule has 6 heteroatoms. The third kappa shape index (κ3) is 4.91. The van der Waals surface area contributed by atoms with Crippen molar-refractivity contribution in [3.05, 3.63) is 97.1 Å². The molecule has 1 atom stereocenters. The van der Waals surface area contributed by atoms with Gasteiger partial charge < -0.3 is 9.80 Å². The van der Waals surface area contributed by atoms with E-state index < -0.39 is 0 Å². The lowest BCUT2D eigenvalue weighted by atomic mass is 9.95. The Kier molecular flexibility index (Phi) is 6.70. The van der Waals surface area contributed by atoms with Gasteiger partial charge in [-0.3, -0.25) is 19.6 Å². The molecule has 1 saturated heterocycles. The molecule has 1 fully saturated rings. The van der Waals surface area contributed by atoms with Gasteiger partial charge in [0.25, 0.3) is 5.91 Å². The molecule has 1 aromatic carbocycles. The Hall–Kier alpha value is -3.80. The number of pyridine rings is 2. The predicted octanol–water partition coefficient (Wildman–Crippen LogP) is 3.47. The molecule has 1 aliphatic heterocycles. The van der Waals surface area contributed by atoms with E-state index in [9.17, 15) is 9.59 Å². The number of hydrogen-bond donors (Lipinski definition) is 0. The molecule has 0 radical (unpaired) electrons. The molecule has 3 heterocycles. The van der Waals surface area contributed by atoms with E-state index in [1.54, 1.807) is 46.6 Å². The summed E-state index contributed by atoms with van der Waals surface area (Å²) in [5.41, 5.74) is 3.78. The highest BCUT2D eigenvalue weighted by molar-refractivity contribution is 5.94. The third-order valence-electron chi connectivity index (χ3n) is 5.74. The summed E-state index contributed by atoms with van der Waals surface area (Å²) in [7, 11) is 0. The smallest absolute Gasteiger partial charge is 0.254 e. The molecule has 0 unspecified atom stereocenters. The molecule has 0 spiro atoms. The summed E-state index contributed by atoms with van der Waals surface area (Å²) in [5, 5.41) is 0. The number of carbonyl (C=O) groups is 2. The Balaban J connectivity index is 1.54. The first-order chi connectivity index (χ1) is 15.7. The maximum atomic E-state index is 13.3. The molecule has 0 bridgehead atoms. The second-order valence-electron chi connectivity index (χ2n) is 7.90. The van der Waals surface area contributed by atoms with Crippen LogP contribution < -0.4 is 0 Å². The summed E-state index contributed by atoms with van der Waals surface area (Å²) >= 11 is 0. The van der Waals surface area contributed by atoms with Gasteiger partial charge in [-0.2, -0.15) is 0 Å². The van der Waals surface area contributed by atoms with Crippen molar-refractivity contribution >= 4 is 11.8 Å². The Bertz CT molecular complexity index is 1070. The molecule has 32 heavy (non-hydrogen) atoms. The second kappa shape index (κ2) is 10.0. The van der Waals surface area contributed by atoms with Crippen molar-refractivity contribution in [1.82, 2.24) is 19.8 Å². The van der Waals surface area contributed by atoms with Crippen LogP contribution in [0.5, 0.6) is 0 Å². The van der Waals surface area contributed by atoms with Crippen molar-refractivity contribution in [2.45, 2.75) is 6.42 Å². The first kappa shape index (κ1) is 21.4. The SMILES string of the molecule is C=CCN1CCN(C(=O)c2ccncc2)C[C@H](Cc2ccc(-c3cccnc3)cc2)C1=O. The fourth-order valence-electron chi connectivity index (χ4n) is 4.05. The highest BCUT2D eigenvalue weighted by atomic mass is 16.2. The van der Waals surface area contributed by atoms with Gasteiger partial charge in [0.15, 0.2) is 0 Å². The number of hydrogen-bond acceptors (Lipinski definition) is 4. The highest BCUT2D eigenvalue weighted by Gasteiger charge is 2.32. The molecule has 0 aliphatic carbocycles. The van der Waals surface area contributed by atoms with Gasteiger partial charge in [-0.25, -0.2) is 0 Å². The van der Waals surface area contributed by atoms with E-state index in [4.69, 9.17) is 0 Å². The van der Waals surface area contributed by atoms with Crippen LogP contribution in [0.4, 0.5) is 0 Å². The van der Waals surface area contributed by atoms with E-state index in [2.05, 4.69) is 28.7 Å². The maximum absolute atomic E-state index is 13.3. The van der Waals surface area contributed by atoms with Crippen LogP contribution in [0, 0.1) is 5.92 Å². The van der Waals surface area contributed by atoms with Crippen molar-refractivity contribution in [3.63, 3.8) is 0 Å². The summed E-state index contributed by atoms with van der Waals surface area (Å²) in [6, 6.07) is 15.6. The quantitative estimate of drug-likeness (QED) is 0.566. The highest BCUT2D eigenvalue weighted by Crippen LogP contribution is 2.22. The van der Waals surface area contributed by atoms with Gasteiger partial charge in [0.1, 0.15) is 0 Å². The number of aromatic nitrogens is 2. The zero-order chi connectivity index (χ0) is 22.3. The van der Waals surface area contributed by atoms with Crippen LogP contribution in [0.2, 0.25) is 0 Å². The van der Waals surface area contributed by atoms with Gasteiger partial charge in [0.05, 0.1) is 5.92 Å². The molecular formula is C26H26N4O2. The number of nitrogens with zero attached hydrogens (tertiary/aromatic N) is 4. The zero-order valence-corrected chi connectivity index (χ0v) is 17.9. The predicted molar refractivity (Wildman–Crippen MR) is 124 cm³/mol. The van der Waals surface area contributed by atoms with E-state index in [0.717, 1.165) is 16.7 Å². The Labute approximate surface area is 188 Å². The number of carbonyl (C=O) groups excluding carboxylic acids is 2. The van der Waals surface area contributed by atoms with Crippen LogP contribution in [0.1, 0.15) is 15.9 Å². The summed E-state index contributed by atoms with van der Waals surface area (Å²) in [4.78, 5) is 38.1. The van der Waals surface area contributed by atoms with Crippen LogP contribution in [0.25, 0.3) is 11.1 Å². The monoisotopic (exact) mass is 426 g/mol. The maximum Gasteiger partial charge on any atom is 0.254 e. The van der Waals surface area contributed by atoms with E-state index in [0.29, 0.717) is 38.2 Å². The fraction of sp³-hybridized carbons (Fsp3) is 0.231. The van der Waals surface area contributed by atoms with Crippen molar-refractivity contribution in [3.8, 4) is 11.1 Å². The summed E-state index contributed by atoms with van der Waals surface area (Å²) in [6.07, 6.45) is 9.12.